The van der Waals surface area contributed by atoms with Crippen LogP contribution in [0.15, 0.2) is 71.2 Å². The third-order valence-electron chi connectivity index (χ3n) is 6.27. The largest absolute Gasteiger partial charge is 0.340 e. The topological polar surface area (TPSA) is 140 Å². The lowest BCUT2D eigenvalue weighted by Gasteiger charge is -2.35. The van der Waals surface area contributed by atoms with Gasteiger partial charge in [-0.05, 0) is 41.7 Å². The highest BCUT2D eigenvalue weighted by Gasteiger charge is 2.45. The van der Waals surface area contributed by atoms with Gasteiger partial charge in [0, 0.05) is 18.1 Å². The van der Waals surface area contributed by atoms with Crippen molar-refractivity contribution in [1.29, 1.82) is 0 Å². The van der Waals surface area contributed by atoms with Crippen molar-refractivity contribution in [3.8, 4) is 0 Å². The molecule has 11 heteroatoms. The maximum absolute atomic E-state index is 14.0. The fraction of sp³-hybridized carbons (Fsp3) is 0.333. The van der Waals surface area contributed by atoms with Gasteiger partial charge in [0.2, 0.25) is 21.1 Å². The van der Waals surface area contributed by atoms with Crippen molar-refractivity contribution in [3.05, 3.63) is 71.1 Å². The van der Waals surface area contributed by atoms with Gasteiger partial charge in [-0.3, -0.25) is 14.4 Å². The van der Waals surface area contributed by atoms with Crippen LogP contribution in [0.5, 0.6) is 0 Å². The molecule has 1 aliphatic heterocycles. The van der Waals surface area contributed by atoms with Crippen molar-refractivity contribution in [2.75, 3.05) is 6.54 Å². The van der Waals surface area contributed by atoms with Crippen LogP contribution in [0.4, 0.5) is 0 Å². The van der Waals surface area contributed by atoms with Gasteiger partial charge < -0.3 is 16.0 Å². The summed E-state index contributed by atoms with van der Waals surface area (Å²) in [6.45, 7) is 3.75. The molecule has 2 amide bonds. The van der Waals surface area contributed by atoms with Crippen LogP contribution in [0.3, 0.4) is 0 Å². The Balaban J connectivity index is 1.72. The molecule has 1 aliphatic rings. The predicted octanol–water partition coefficient (Wildman–Crippen LogP) is 2.93. The number of nitrogens with zero attached hydrogens (tertiary/aromatic N) is 2. The number of fused-ring (bicyclic) bond motifs is 1. The summed E-state index contributed by atoms with van der Waals surface area (Å²) in [5, 5.41) is 4.15. The molecular weight excluding hydrogens is 524 g/mol. The first-order valence-corrected chi connectivity index (χ1v) is 14.7. The number of aromatic nitrogens is 1. The molecule has 38 heavy (non-hydrogen) atoms. The van der Waals surface area contributed by atoms with Gasteiger partial charge in [-0.1, -0.05) is 56.3 Å². The Morgan fingerprint density at radius 2 is 1.92 bits per heavy atom. The Hall–Kier alpha value is -3.41. The van der Waals surface area contributed by atoms with E-state index in [4.69, 9.17) is 5.73 Å². The molecule has 3 aromatic rings. The number of pyridine rings is 1. The summed E-state index contributed by atoms with van der Waals surface area (Å²) in [6, 6.07) is 9.49. The van der Waals surface area contributed by atoms with Gasteiger partial charge in [-0.15, -0.1) is 11.3 Å². The van der Waals surface area contributed by atoms with E-state index in [1.807, 2.05) is 43.5 Å². The average molecular weight is 555 g/mol. The second kappa shape index (κ2) is 11.5. The minimum Gasteiger partial charge on any atom is -0.340 e. The normalized spacial score (nSPS) is 19.3. The van der Waals surface area contributed by atoms with E-state index in [1.165, 1.54) is 35.7 Å². The number of amides is 2. The lowest BCUT2D eigenvalue weighted by atomic mass is 10.0. The van der Waals surface area contributed by atoms with E-state index in [1.54, 1.807) is 12.1 Å². The number of sulfone groups is 1. The van der Waals surface area contributed by atoms with Gasteiger partial charge in [0.1, 0.15) is 6.04 Å². The molecule has 0 saturated heterocycles. The fourth-order valence-corrected chi connectivity index (χ4v) is 7.09. The number of carbonyl (C=O) groups excluding carboxylic acids is 3. The van der Waals surface area contributed by atoms with Crippen LogP contribution >= 0.6 is 11.3 Å². The number of thiophene rings is 1. The van der Waals surface area contributed by atoms with Crippen LogP contribution in [0, 0.1) is 5.92 Å². The zero-order valence-corrected chi connectivity index (χ0v) is 22.7. The highest BCUT2D eigenvalue weighted by atomic mass is 32.2. The van der Waals surface area contributed by atoms with Crippen LogP contribution in [-0.2, 0) is 19.4 Å². The van der Waals surface area contributed by atoms with E-state index in [0.29, 0.717) is 11.3 Å². The quantitative estimate of drug-likeness (QED) is 0.428. The number of nitrogens with one attached hydrogen (secondary N) is 1. The molecule has 0 fully saturated rings. The second-order valence-electron chi connectivity index (χ2n) is 9.55. The highest BCUT2D eigenvalue weighted by Crippen LogP contribution is 2.27. The zero-order chi connectivity index (χ0) is 27.4. The van der Waals surface area contributed by atoms with E-state index in [9.17, 15) is 22.8 Å². The first-order chi connectivity index (χ1) is 18.1. The maximum atomic E-state index is 14.0. The first kappa shape index (κ1) is 27.6. The molecule has 0 saturated carbocycles. The van der Waals surface area contributed by atoms with Crippen LogP contribution < -0.4 is 11.1 Å². The number of ketones is 1. The van der Waals surface area contributed by atoms with Crippen molar-refractivity contribution >= 4 is 49.5 Å². The molecule has 2 unspecified atom stereocenters. The molecule has 3 N–H and O–H groups in total. The summed E-state index contributed by atoms with van der Waals surface area (Å²) in [5.74, 6) is -1.94. The molecule has 4 rings (SSSR count). The summed E-state index contributed by atoms with van der Waals surface area (Å²) >= 11 is 1.27. The maximum Gasteiger partial charge on any atom is 0.262 e. The van der Waals surface area contributed by atoms with Crippen molar-refractivity contribution in [2.24, 2.45) is 11.7 Å². The molecule has 0 radical (unpaired) electrons. The lowest BCUT2D eigenvalue weighted by Crippen LogP contribution is -2.59. The van der Waals surface area contributed by atoms with Crippen molar-refractivity contribution in [2.45, 2.75) is 49.2 Å². The zero-order valence-electron chi connectivity index (χ0n) is 21.1. The van der Waals surface area contributed by atoms with Crippen LogP contribution in [0.1, 0.15) is 36.4 Å². The molecule has 3 heterocycles. The van der Waals surface area contributed by atoms with Gasteiger partial charge in [-0.2, -0.15) is 0 Å². The van der Waals surface area contributed by atoms with Crippen LogP contribution in [0.25, 0.3) is 10.8 Å². The molecule has 200 valence electrons. The number of nitrogens with two attached hydrogens (primary N) is 1. The van der Waals surface area contributed by atoms with Crippen molar-refractivity contribution in [3.63, 3.8) is 0 Å². The van der Waals surface area contributed by atoms with Gasteiger partial charge in [0.05, 0.1) is 10.9 Å². The monoisotopic (exact) mass is 554 g/mol. The Morgan fingerprint density at radius 1 is 1.18 bits per heavy atom. The Kier molecular flexibility index (Phi) is 8.39. The minimum absolute atomic E-state index is 0.0113. The summed E-state index contributed by atoms with van der Waals surface area (Å²) in [4.78, 5) is 46.2. The van der Waals surface area contributed by atoms with E-state index < -0.39 is 44.9 Å². The number of hydrogen-bond donors (Lipinski definition) is 2. The standard InChI is InChI=1S/C27H30N4O5S2/c1-17(2)15-21(30-25(33)24-19-10-4-3-9-18(19)16-37-24)26(34)31-14-8-6-11-20(28)23(32)27(31)38(35,36)22-12-5-7-13-29-22/h3-7,9-13,16-17,20-21,27H,8,14-15,28H2,1-2H3,(H,30,33)/t20?,21-,27?/m0/s1. The second-order valence-corrected chi connectivity index (χ2v) is 12.4. The van der Waals surface area contributed by atoms with Crippen LogP contribution in [-0.4, -0.2) is 59.9 Å². The predicted molar refractivity (Wildman–Crippen MR) is 146 cm³/mol. The van der Waals surface area contributed by atoms with Gasteiger partial charge in [0.15, 0.2) is 10.8 Å². The average Bonchev–Trinajstić information content (AvgIpc) is 3.33. The molecule has 3 atom stereocenters. The summed E-state index contributed by atoms with van der Waals surface area (Å²) in [7, 11) is -4.42. The van der Waals surface area contributed by atoms with E-state index in [0.717, 1.165) is 15.7 Å². The molecule has 2 aromatic heterocycles. The summed E-state index contributed by atoms with van der Waals surface area (Å²) < 4.78 is 27.4. The number of rotatable bonds is 7. The third kappa shape index (κ3) is 5.69. The first-order valence-electron chi connectivity index (χ1n) is 12.3. The fourth-order valence-electron chi connectivity index (χ4n) is 4.45. The highest BCUT2D eigenvalue weighted by molar-refractivity contribution is 7.92. The number of benzene rings is 1. The number of hydrogen-bond acceptors (Lipinski definition) is 8. The SMILES string of the molecule is CC(C)C[C@H](NC(=O)c1scc2ccccc12)C(=O)N1CCC=CC(N)C(=O)C1S(=O)(=O)c1ccccn1. The van der Waals surface area contributed by atoms with Gasteiger partial charge >= 0.3 is 0 Å². The summed E-state index contributed by atoms with van der Waals surface area (Å²) in [6.07, 6.45) is 4.94. The molecule has 9 nitrogen and oxygen atoms in total. The molecule has 0 aliphatic carbocycles. The van der Waals surface area contributed by atoms with Gasteiger partial charge in [0.25, 0.3) is 5.91 Å². The van der Waals surface area contributed by atoms with Crippen molar-refractivity contribution < 1.29 is 22.8 Å². The lowest BCUT2D eigenvalue weighted by molar-refractivity contribution is -0.139. The Labute approximate surface area is 225 Å². The van der Waals surface area contributed by atoms with Crippen LogP contribution in [0.2, 0.25) is 0 Å². The Morgan fingerprint density at radius 3 is 2.63 bits per heavy atom. The number of carbonyl (C=O) groups is 3. The minimum atomic E-state index is -4.42. The molecule has 1 aromatic carbocycles. The smallest absolute Gasteiger partial charge is 0.262 e. The molecule has 0 spiro atoms. The Bertz CT molecular complexity index is 1470. The van der Waals surface area contributed by atoms with Gasteiger partial charge in [-0.25, -0.2) is 13.4 Å². The van der Waals surface area contributed by atoms with E-state index in [2.05, 4.69) is 10.3 Å². The molecular formula is C27H30N4O5S2. The van der Waals surface area contributed by atoms with E-state index in [-0.39, 0.29) is 23.9 Å². The van der Waals surface area contributed by atoms with E-state index >= 15 is 0 Å². The molecule has 0 bridgehead atoms. The third-order valence-corrected chi connectivity index (χ3v) is 9.18. The number of Topliss-reactive ketones (excluding diaryl/α,β-unsaturated/α-hetero) is 1. The summed E-state index contributed by atoms with van der Waals surface area (Å²) in [5.41, 5.74) is 6.00. The van der Waals surface area contributed by atoms with Crippen molar-refractivity contribution in [1.82, 2.24) is 15.2 Å².